The number of nitrogens with zero attached hydrogens (tertiary/aromatic N) is 2. The van der Waals surface area contributed by atoms with E-state index in [1.165, 1.54) is 12.1 Å². The minimum atomic E-state index is -3.68. The van der Waals surface area contributed by atoms with Gasteiger partial charge in [0.25, 0.3) is 0 Å². The van der Waals surface area contributed by atoms with E-state index in [4.69, 9.17) is 10.9 Å². The molecule has 0 aromatic heterocycles. The van der Waals surface area contributed by atoms with Crippen molar-refractivity contribution in [1.82, 2.24) is 4.90 Å². The maximum Gasteiger partial charge on any atom is 0.240 e. The van der Waals surface area contributed by atoms with Crippen LogP contribution in [0.25, 0.3) is 0 Å². The minimum Gasteiger partial charge on any atom is -0.368 e. The van der Waals surface area contributed by atoms with E-state index in [0.717, 1.165) is 5.69 Å². The van der Waals surface area contributed by atoms with Gasteiger partial charge in [-0.25, -0.2) is 13.6 Å². The van der Waals surface area contributed by atoms with Crippen molar-refractivity contribution >= 4 is 46.4 Å². The highest BCUT2D eigenvalue weighted by Crippen LogP contribution is 2.22. The van der Waals surface area contributed by atoms with Gasteiger partial charge in [0.2, 0.25) is 15.9 Å². The van der Waals surface area contributed by atoms with E-state index in [1.54, 1.807) is 17.0 Å². The number of anilines is 1. The van der Waals surface area contributed by atoms with Crippen molar-refractivity contribution in [1.29, 1.82) is 0 Å². The Morgan fingerprint density at radius 2 is 1.50 bits per heavy atom. The van der Waals surface area contributed by atoms with Gasteiger partial charge in [0, 0.05) is 31.9 Å². The number of sulfonamides is 1. The fourth-order valence-corrected chi connectivity index (χ4v) is 3.11. The first-order chi connectivity index (χ1) is 11.0. The number of rotatable bonds is 3. The van der Waals surface area contributed by atoms with E-state index in [1.807, 2.05) is 20.8 Å². The molecule has 0 saturated carbocycles. The zero-order valence-electron chi connectivity index (χ0n) is 15.2. The van der Waals surface area contributed by atoms with Crippen LogP contribution in [0.4, 0.5) is 5.69 Å². The van der Waals surface area contributed by atoms with Crippen LogP contribution in [0, 0.1) is 5.41 Å². The average Bonchev–Trinajstić information content (AvgIpc) is 2.52. The summed E-state index contributed by atoms with van der Waals surface area (Å²) in [7, 11) is -3.68. The Hall–Kier alpha value is -1.06. The van der Waals surface area contributed by atoms with Gasteiger partial charge in [0.15, 0.2) is 0 Å². The number of halogens is 2. The second kappa shape index (κ2) is 9.23. The number of hydrogen-bond donors (Lipinski definition) is 2. The smallest absolute Gasteiger partial charge is 0.240 e. The van der Waals surface area contributed by atoms with E-state index in [2.05, 4.69) is 4.90 Å². The first-order valence-electron chi connectivity index (χ1n) is 7.92. The summed E-state index contributed by atoms with van der Waals surface area (Å²) in [4.78, 5) is 16.4. The zero-order chi connectivity index (χ0) is 18.1. The van der Waals surface area contributed by atoms with Crippen LogP contribution in [0.2, 0.25) is 0 Å². The summed E-state index contributed by atoms with van der Waals surface area (Å²) in [6, 6.07) is 5.95. The molecule has 26 heavy (non-hydrogen) atoms. The lowest BCUT2D eigenvalue weighted by Gasteiger charge is -2.39. The summed E-state index contributed by atoms with van der Waals surface area (Å²) >= 11 is 0. The average molecular weight is 427 g/mol. The summed E-state index contributed by atoms with van der Waals surface area (Å²) in [6.07, 6.45) is 0. The SMILES string of the molecule is CC(C)(C)[C@H](N)C(=O)N1CCN(c2ccc(S(N)(=O)=O)cc2)CC1.Cl.Cl. The monoisotopic (exact) mass is 426 g/mol. The Bertz CT molecular complexity index is 697. The van der Waals surface area contributed by atoms with Gasteiger partial charge in [-0.15, -0.1) is 24.8 Å². The molecule has 0 radical (unpaired) electrons. The van der Waals surface area contributed by atoms with Gasteiger partial charge in [0.1, 0.15) is 0 Å². The van der Waals surface area contributed by atoms with E-state index >= 15 is 0 Å². The molecule has 1 aromatic carbocycles. The van der Waals surface area contributed by atoms with Crippen molar-refractivity contribution in [2.45, 2.75) is 31.7 Å². The lowest BCUT2D eigenvalue weighted by Crippen LogP contribution is -2.56. The Morgan fingerprint density at radius 3 is 1.88 bits per heavy atom. The third-order valence-corrected chi connectivity index (χ3v) is 5.25. The summed E-state index contributed by atoms with van der Waals surface area (Å²) in [5.41, 5.74) is 6.70. The molecule has 0 aliphatic carbocycles. The van der Waals surface area contributed by atoms with Crippen molar-refractivity contribution in [3.05, 3.63) is 24.3 Å². The number of primary sulfonamides is 1. The van der Waals surface area contributed by atoms with Crippen LogP contribution in [0.1, 0.15) is 20.8 Å². The zero-order valence-corrected chi connectivity index (χ0v) is 17.7. The predicted octanol–water partition coefficient (Wildman–Crippen LogP) is 1.20. The van der Waals surface area contributed by atoms with Gasteiger partial charge in [0.05, 0.1) is 10.9 Å². The Balaban J connectivity index is 0.00000312. The van der Waals surface area contributed by atoms with Crippen molar-refractivity contribution in [3.63, 3.8) is 0 Å². The van der Waals surface area contributed by atoms with Crippen molar-refractivity contribution in [2.75, 3.05) is 31.1 Å². The Morgan fingerprint density at radius 1 is 1.04 bits per heavy atom. The molecule has 0 spiro atoms. The number of nitrogens with two attached hydrogens (primary N) is 2. The maximum atomic E-state index is 12.4. The van der Waals surface area contributed by atoms with Crippen molar-refractivity contribution in [2.24, 2.45) is 16.3 Å². The van der Waals surface area contributed by atoms with Crippen LogP contribution in [0.3, 0.4) is 0 Å². The number of carbonyl (C=O) groups is 1. The molecule has 10 heteroatoms. The molecule has 0 bridgehead atoms. The molecular formula is C16H28Cl2N4O3S. The summed E-state index contributed by atoms with van der Waals surface area (Å²) in [6.45, 7) is 8.42. The van der Waals surface area contributed by atoms with E-state index in [9.17, 15) is 13.2 Å². The second-order valence-corrected chi connectivity index (χ2v) is 8.76. The summed E-state index contributed by atoms with van der Waals surface area (Å²) in [5, 5.41) is 5.10. The van der Waals surface area contributed by atoms with Gasteiger partial charge in [-0.1, -0.05) is 20.8 Å². The van der Waals surface area contributed by atoms with Crippen LogP contribution in [-0.4, -0.2) is 51.4 Å². The summed E-state index contributed by atoms with van der Waals surface area (Å²) < 4.78 is 22.6. The second-order valence-electron chi connectivity index (χ2n) is 7.19. The van der Waals surface area contributed by atoms with Gasteiger partial charge in [-0.2, -0.15) is 0 Å². The number of benzene rings is 1. The minimum absolute atomic E-state index is 0. The predicted molar refractivity (Wildman–Crippen MR) is 109 cm³/mol. The number of piperazine rings is 1. The van der Waals surface area contributed by atoms with Crippen LogP contribution in [-0.2, 0) is 14.8 Å². The third kappa shape index (κ3) is 5.99. The highest BCUT2D eigenvalue weighted by molar-refractivity contribution is 7.89. The number of hydrogen-bond acceptors (Lipinski definition) is 5. The normalized spacial score (nSPS) is 16.3. The van der Waals surface area contributed by atoms with Gasteiger partial charge >= 0.3 is 0 Å². The first-order valence-corrected chi connectivity index (χ1v) is 9.47. The number of amides is 1. The van der Waals surface area contributed by atoms with Crippen molar-refractivity contribution in [3.8, 4) is 0 Å². The van der Waals surface area contributed by atoms with Crippen LogP contribution < -0.4 is 15.8 Å². The summed E-state index contributed by atoms with van der Waals surface area (Å²) in [5.74, 6) is -0.0216. The topological polar surface area (TPSA) is 110 Å². The molecule has 1 saturated heterocycles. The van der Waals surface area contributed by atoms with Crippen LogP contribution in [0.15, 0.2) is 29.2 Å². The molecule has 1 aliphatic rings. The molecule has 4 N–H and O–H groups in total. The highest BCUT2D eigenvalue weighted by atomic mass is 35.5. The standard InChI is InChI=1S/C16H26N4O3S.2ClH/c1-16(2,3)14(17)15(21)20-10-8-19(9-11-20)12-4-6-13(7-5-12)24(18,22)23;;/h4-7,14H,8-11,17H2,1-3H3,(H2,18,22,23);2*1H/t14-;;/m1../s1. The Labute approximate surface area is 168 Å². The van der Waals surface area contributed by atoms with Crippen LogP contribution in [0.5, 0.6) is 0 Å². The molecule has 1 fully saturated rings. The molecule has 1 heterocycles. The van der Waals surface area contributed by atoms with E-state index < -0.39 is 16.1 Å². The third-order valence-electron chi connectivity index (χ3n) is 4.32. The Kier molecular flexibility index (Phi) is 8.86. The first kappa shape index (κ1) is 24.9. The van der Waals surface area contributed by atoms with E-state index in [0.29, 0.717) is 26.2 Å². The highest BCUT2D eigenvalue weighted by Gasteiger charge is 2.32. The van der Waals surface area contributed by atoms with Gasteiger partial charge in [-0.05, 0) is 29.7 Å². The molecule has 2 rings (SSSR count). The lowest BCUT2D eigenvalue weighted by molar-refractivity contribution is -0.135. The molecular weight excluding hydrogens is 399 g/mol. The van der Waals surface area contributed by atoms with Gasteiger partial charge < -0.3 is 15.5 Å². The lowest BCUT2D eigenvalue weighted by atomic mass is 9.86. The molecule has 1 aromatic rings. The molecule has 150 valence electrons. The van der Waals surface area contributed by atoms with Crippen LogP contribution >= 0.6 is 24.8 Å². The largest absolute Gasteiger partial charge is 0.368 e. The molecule has 0 unspecified atom stereocenters. The quantitative estimate of drug-likeness (QED) is 0.753. The molecule has 1 atom stereocenters. The van der Waals surface area contributed by atoms with E-state index in [-0.39, 0.29) is 41.0 Å². The number of carbonyl (C=O) groups excluding carboxylic acids is 1. The maximum absolute atomic E-state index is 12.4. The fraction of sp³-hybridized carbons (Fsp3) is 0.562. The molecule has 1 aliphatic heterocycles. The van der Waals surface area contributed by atoms with Gasteiger partial charge in [-0.3, -0.25) is 4.79 Å². The molecule has 7 nitrogen and oxygen atoms in total. The molecule has 1 amide bonds. The van der Waals surface area contributed by atoms with Crippen molar-refractivity contribution < 1.29 is 13.2 Å². The fourth-order valence-electron chi connectivity index (χ4n) is 2.60.